The van der Waals surface area contributed by atoms with Gasteiger partial charge in [0.25, 0.3) is 0 Å². The Bertz CT molecular complexity index is 419. The van der Waals surface area contributed by atoms with Crippen LogP contribution in [0.2, 0.25) is 0 Å². The summed E-state index contributed by atoms with van der Waals surface area (Å²) in [6, 6.07) is 6.29. The summed E-state index contributed by atoms with van der Waals surface area (Å²) in [4.78, 5) is 11.6. The molecule has 0 atom stereocenters. The maximum absolute atomic E-state index is 11.6. The van der Waals surface area contributed by atoms with Crippen molar-refractivity contribution in [2.24, 2.45) is 0 Å². The summed E-state index contributed by atoms with van der Waals surface area (Å²) in [5.41, 5.74) is 3.69. The minimum absolute atomic E-state index is 0.0836. The van der Waals surface area contributed by atoms with Crippen molar-refractivity contribution in [3.63, 3.8) is 0 Å². The summed E-state index contributed by atoms with van der Waals surface area (Å²) in [7, 11) is 1.67. The van der Waals surface area contributed by atoms with Gasteiger partial charge in [-0.3, -0.25) is 4.79 Å². The van der Waals surface area contributed by atoms with Gasteiger partial charge in [-0.05, 0) is 30.9 Å². The van der Waals surface area contributed by atoms with E-state index in [9.17, 15) is 4.79 Å². The molecule has 0 aliphatic rings. The standard InChI is InChI=1S/C16H26N2O2/c1-4-14-8-5-7-13(2)16(14)18-11-9-15(19)17-10-6-12-20-3/h5,7-8,18H,4,6,9-12H2,1-3H3,(H,17,19). The highest BCUT2D eigenvalue weighted by Gasteiger charge is 2.05. The third kappa shape index (κ3) is 5.61. The van der Waals surface area contributed by atoms with Gasteiger partial charge in [0.1, 0.15) is 0 Å². The fraction of sp³-hybridized carbons (Fsp3) is 0.562. The second-order valence-corrected chi connectivity index (χ2v) is 4.84. The molecular formula is C16H26N2O2. The maximum atomic E-state index is 11.6. The van der Waals surface area contributed by atoms with Crippen molar-refractivity contribution in [2.45, 2.75) is 33.1 Å². The molecule has 1 amide bonds. The van der Waals surface area contributed by atoms with E-state index >= 15 is 0 Å². The highest BCUT2D eigenvalue weighted by Crippen LogP contribution is 2.20. The molecule has 0 aliphatic carbocycles. The first-order valence-corrected chi connectivity index (χ1v) is 7.27. The van der Waals surface area contributed by atoms with Gasteiger partial charge in [0.2, 0.25) is 5.91 Å². The van der Waals surface area contributed by atoms with Gasteiger partial charge in [-0.15, -0.1) is 0 Å². The highest BCUT2D eigenvalue weighted by atomic mass is 16.5. The quantitative estimate of drug-likeness (QED) is 0.682. The zero-order valence-electron chi connectivity index (χ0n) is 12.8. The fourth-order valence-electron chi connectivity index (χ4n) is 2.11. The summed E-state index contributed by atoms with van der Waals surface area (Å²) < 4.78 is 4.94. The molecule has 0 aromatic heterocycles. The number of carbonyl (C=O) groups excluding carboxylic acids is 1. The lowest BCUT2D eigenvalue weighted by Crippen LogP contribution is -2.27. The molecule has 1 aromatic carbocycles. The number of methoxy groups -OCH3 is 1. The van der Waals surface area contributed by atoms with Crippen LogP contribution in [0.25, 0.3) is 0 Å². The van der Waals surface area contributed by atoms with E-state index in [1.54, 1.807) is 7.11 Å². The summed E-state index contributed by atoms with van der Waals surface area (Å²) >= 11 is 0. The zero-order chi connectivity index (χ0) is 14.8. The van der Waals surface area contributed by atoms with Crippen LogP contribution in [0.15, 0.2) is 18.2 Å². The Hall–Kier alpha value is -1.55. The maximum Gasteiger partial charge on any atom is 0.221 e. The van der Waals surface area contributed by atoms with Crippen LogP contribution in [0.4, 0.5) is 5.69 Å². The van der Waals surface area contributed by atoms with Gasteiger partial charge in [0.15, 0.2) is 0 Å². The number of carbonyl (C=O) groups is 1. The van der Waals surface area contributed by atoms with Gasteiger partial charge >= 0.3 is 0 Å². The molecule has 20 heavy (non-hydrogen) atoms. The van der Waals surface area contributed by atoms with Gasteiger partial charge in [-0.2, -0.15) is 0 Å². The molecule has 4 nitrogen and oxygen atoms in total. The fourth-order valence-corrected chi connectivity index (χ4v) is 2.11. The summed E-state index contributed by atoms with van der Waals surface area (Å²) in [6.07, 6.45) is 2.34. The van der Waals surface area contributed by atoms with E-state index in [0.29, 0.717) is 26.1 Å². The van der Waals surface area contributed by atoms with Gasteiger partial charge in [0.05, 0.1) is 0 Å². The molecule has 2 N–H and O–H groups in total. The second-order valence-electron chi connectivity index (χ2n) is 4.84. The topological polar surface area (TPSA) is 50.4 Å². The van der Waals surface area contributed by atoms with Gasteiger partial charge < -0.3 is 15.4 Å². The Morgan fingerprint density at radius 3 is 2.80 bits per heavy atom. The van der Waals surface area contributed by atoms with Crippen LogP contribution in [0.5, 0.6) is 0 Å². The minimum atomic E-state index is 0.0836. The molecule has 0 saturated heterocycles. The van der Waals surface area contributed by atoms with E-state index < -0.39 is 0 Å². The Morgan fingerprint density at radius 2 is 2.10 bits per heavy atom. The molecular weight excluding hydrogens is 252 g/mol. The predicted octanol–water partition coefficient (Wildman–Crippen LogP) is 2.51. The van der Waals surface area contributed by atoms with E-state index in [2.05, 4.69) is 42.7 Å². The molecule has 0 saturated carbocycles. The summed E-state index contributed by atoms with van der Waals surface area (Å²) in [5.74, 6) is 0.0836. The lowest BCUT2D eigenvalue weighted by Gasteiger charge is -2.14. The number of benzene rings is 1. The third-order valence-corrected chi connectivity index (χ3v) is 3.24. The van der Waals surface area contributed by atoms with E-state index in [-0.39, 0.29) is 5.91 Å². The number of nitrogens with one attached hydrogen (secondary N) is 2. The number of amides is 1. The van der Waals surface area contributed by atoms with E-state index in [1.165, 1.54) is 16.8 Å². The Balaban J connectivity index is 2.32. The molecule has 112 valence electrons. The van der Waals surface area contributed by atoms with Crippen LogP contribution >= 0.6 is 0 Å². The molecule has 0 unspecified atom stereocenters. The van der Waals surface area contributed by atoms with Gasteiger partial charge in [-0.1, -0.05) is 25.1 Å². The van der Waals surface area contributed by atoms with Crippen molar-refractivity contribution in [2.75, 3.05) is 32.1 Å². The number of ether oxygens (including phenoxy) is 1. The number of rotatable bonds is 9. The lowest BCUT2D eigenvalue weighted by molar-refractivity contribution is -0.120. The summed E-state index contributed by atoms with van der Waals surface area (Å²) in [5, 5.41) is 6.27. The van der Waals surface area contributed by atoms with Crippen LogP contribution in [0.1, 0.15) is 30.9 Å². The monoisotopic (exact) mass is 278 g/mol. The largest absolute Gasteiger partial charge is 0.385 e. The lowest BCUT2D eigenvalue weighted by atomic mass is 10.1. The highest BCUT2D eigenvalue weighted by molar-refractivity contribution is 5.76. The first-order valence-electron chi connectivity index (χ1n) is 7.27. The molecule has 0 heterocycles. The van der Waals surface area contributed by atoms with Crippen LogP contribution in [-0.2, 0) is 16.0 Å². The number of anilines is 1. The average Bonchev–Trinajstić information content (AvgIpc) is 2.45. The number of aryl methyl sites for hydroxylation is 2. The van der Waals surface area contributed by atoms with Gasteiger partial charge in [-0.25, -0.2) is 0 Å². The molecule has 1 rings (SSSR count). The van der Waals surface area contributed by atoms with Crippen molar-refractivity contribution in [1.82, 2.24) is 5.32 Å². The number of hydrogen-bond acceptors (Lipinski definition) is 3. The molecule has 4 heteroatoms. The molecule has 0 aliphatic heterocycles. The van der Waals surface area contributed by atoms with E-state index in [4.69, 9.17) is 4.74 Å². The smallest absolute Gasteiger partial charge is 0.221 e. The molecule has 0 radical (unpaired) electrons. The summed E-state index contributed by atoms with van der Waals surface area (Å²) in [6.45, 7) is 6.25. The van der Waals surface area contributed by atoms with Crippen molar-refractivity contribution in [3.05, 3.63) is 29.3 Å². The third-order valence-electron chi connectivity index (χ3n) is 3.24. The van der Waals surface area contributed by atoms with Crippen molar-refractivity contribution in [1.29, 1.82) is 0 Å². The van der Waals surface area contributed by atoms with Crippen molar-refractivity contribution < 1.29 is 9.53 Å². The molecule has 1 aromatic rings. The SMILES string of the molecule is CCc1cccc(C)c1NCCC(=O)NCCCOC. The van der Waals surface area contributed by atoms with Crippen molar-refractivity contribution >= 4 is 11.6 Å². The van der Waals surface area contributed by atoms with Gasteiger partial charge in [0, 0.05) is 38.9 Å². The van der Waals surface area contributed by atoms with Crippen molar-refractivity contribution in [3.8, 4) is 0 Å². The zero-order valence-corrected chi connectivity index (χ0v) is 12.8. The molecule has 0 spiro atoms. The van der Waals surface area contributed by atoms with Crippen LogP contribution < -0.4 is 10.6 Å². The average molecular weight is 278 g/mol. The van der Waals surface area contributed by atoms with Crippen LogP contribution in [0.3, 0.4) is 0 Å². The van der Waals surface area contributed by atoms with E-state index in [1.807, 2.05) is 0 Å². The first-order chi connectivity index (χ1) is 9.69. The Kier molecular flexibility index (Phi) is 7.73. The minimum Gasteiger partial charge on any atom is -0.385 e. The molecule has 0 bridgehead atoms. The number of hydrogen-bond donors (Lipinski definition) is 2. The Morgan fingerprint density at radius 1 is 1.30 bits per heavy atom. The molecule has 0 fully saturated rings. The van der Waals surface area contributed by atoms with E-state index in [0.717, 1.165) is 12.8 Å². The van der Waals surface area contributed by atoms with Crippen LogP contribution in [0, 0.1) is 6.92 Å². The normalized spacial score (nSPS) is 10.3. The second kappa shape index (κ2) is 9.37. The predicted molar refractivity (Wildman–Crippen MR) is 83.2 cm³/mol. The Labute approximate surface area is 121 Å². The van der Waals surface area contributed by atoms with Crippen LogP contribution in [-0.4, -0.2) is 32.7 Å². The first kappa shape index (κ1) is 16.5. The number of para-hydroxylation sites is 1.